The molecular formula is C23H30N2O5S2. The molecule has 1 aliphatic rings. The second kappa shape index (κ2) is 9.62. The second-order valence-corrected chi connectivity index (χ2v) is 11.1. The third kappa shape index (κ3) is 4.99. The quantitative estimate of drug-likeness (QED) is 0.602. The highest BCUT2D eigenvalue weighted by molar-refractivity contribution is 7.92. The zero-order chi connectivity index (χ0) is 23.6. The van der Waals surface area contributed by atoms with Crippen LogP contribution >= 0.6 is 11.3 Å². The molecule has 1 amide bonds. The normalized spacial score (nSPS) is 14.4. The average Bonchev–Trinajstić information content (AvgIpc) is 3.07. The fourth-order valence-electron chi connectivity index (χ4n) is 4.03. The van der Waals surface area contributed by atoms with Gasteiger partial charge in [0.15, 0.2) is 0 Å². The fourth-order valence-corrected chi connectivity index (χ4v) is 6.53. The molecule has 0 saturated carbocycles. The van der Waals surface area contributed by atoms with Gasteiger partial charge in [0.05, 0.1) is 24.1 Å². The average molecular weight is 479 g/mol. The molecule has 1 N–H and O–H groups in total. The molecule has 1 heterocycles. The molecule has 0 aliphatic heterocycles. The Labute approximate surface area is 193 Å². The summed E-state index contributed by atoms with van der Waals surface area (Å²) in [6.45, 7) is 7.21. The summed E-state index contributed by atoms with van der Waals surface area (Å²) >= 11 is 1.38. The number of esters is 1. The van der Waals surface area contributed by atoms with Gasteiger partial charge in [0, 0.05) is 4.88 Å². The highest BCUT2D eigenvalue weighted by Crippen LogP contribution is 2.39. The summed E-state index contributed by atoms with van der Waals surface area (Å²) in [6.07, 6.45) is 4.73. The van der Waals surface area contributed by atoms with Crippen molar-refractivity contribution in [2.24, 2.45) is 0 Å². The van der Waals surface area contributed by atoms with Crippen LogP contribution in [0.4, 0.5) is 10.7 Å². The smallest absolute Gasteiger partial charge is 0.341 e. The molecule has 1 aliphatic carbocycles. The summed E-state index contributed by atoms with van der Waals surface area (Å²) in [4.78, 5) is 27.0. The number of hydrogen-bond acceptors (Lipinski definition) is 6. The van der Waals surface area contributed by atoms with E-state index in [0.717, 1.165) is 57.8 Å². The van der Waals surface area contributed by atoms with Crippen LogP contribution < -0.4 is 9.62 Å². The van der Waals surface area contributed by atoms with Gasteiger partial charge in [-0.1, -0.05) is 12.1 Å². The minimum absolute atomic E-state index is 0.238. The maximum absolute atomic E-state index is 13.3. The number of benzene rings is 1. The predicted molar refractivity (Wildman–Crippen MR) is 128 cm³/mol. The Morgan fingerprint density at radius 2 is 1.91 bits per heavy atom. The first-order chi connectivity index (χ1) is 15.0. The third-order valence-corrected chi connectivity index (χ3v) is 8.01. The number of aryl methyl sites for hydroxylation is 3. The highest BCUT2D eigenvalue weighted by Gasteiger charge is 2.33. The van der Waals surface area contributed by atoms with Gasteiger partial charge in [0.25, 0.3) is 0 Å². The van der Waals surface area contributed by atoms with E-state index in [1.165, 1.54) is 11.3 Å². The number of carbonyl (C=O) groups is 2. The van der Waals surface area contributed by atoms with Crippen LogP contribution in [0.3, 0.4) is 0 Å². The van der Waals surface area contributed by atoms with E-state index >= 15 is 0 Å². The number of hydrogen-bond donors (Lipinski definition) is 1. The van der Waals surface area contributed by atoms with Crippen LogP contribution in [0, 0.1) is 13.8 Å². The van der Waals surface area contributed by atoms with Gasteiger partial charge < -0.3 is 10.1 Å². The number of fused-ring (bicyclic) bond motifs is 1. The summed E-state index contributed by atoms with van der Waals surface area (Å²) in [5.74, 6) is -0.954. The third-order valence-electron chi connectivity index (χ3n) is 5.58. The Kier molecular flexibility index (Phi) is 7.29. The summed E-state index contributed by atoms with van der Waals surface area (Å²) in [5, 5.41) is 3.27. The number of amides is 1. The molecule has 1 unspecified atom stereocenters. The number of sulfonamides is 1. The van der Waals surface area contributed by atoms with E-state index < -0.39 is 27.9 Å². The van der Waals surface area contributed by atoms with Crippen molar-refractivity contribution in [3.05, 3.63) is 45.3 Å². The molecule has 9 heteroatoms. The second-order valence-electron chi connectivity index (χ2n) is 8.15. The van der Waals surface area contributed by atoms with Gasteiger partial charge in [-0.05, 0) is 76.1 Å². The van der Waals surface area contributed by atoms with Gasteiger partial charge >= 0.3 is 5.97 Å². The Bertz CT molecular complexity index is 1140. The van der Waals surface area contributed by atoms with E-state index in [9.17, 15) is 18.0 Å². The number of nitrogens with one attached hydrogen (secondary N) is 1. The molecule has 1 aromatic heterocycles. The molecule has 2 aromatic rings. The van der Waals surface area contributed by atoms with E-state index in [-0.39, 0.29) is 6.61 Å². The standard InChI is InChI=1S/C23H30N2O5S2/c1-6-30-23(27)20-17-9-7-8-10-19(17)31-22(20)24-21(26)16(4)25(32(5,28)29)18-13-14(2)11-12-15(18)3/h11-13,16H,6-10H2,1-5H3,(H,24,26). The molecule has 1 atom stereocenters. The Hall–Kier alpha value is -2.39. The number of anilines is 2. The number of nitrogens with zero attached hydrogens (tertiary/aromatic N) is 1. The Morgan fingerprint density at radius 1 is 1.22 bits per heavy atom. The van der Waals surface area contributed by atoms with Crippen LogP contribution in [0.5, 0.6) is 0 Å². The minimum Gasteiger partial charge on any atom is -0.462 e. The molecule has 0 saturated heterocycles. The van der Waals surface area contributed by atoms with E-state index in [0.29, 0.717) is 16.3 Å². The topological polar surface area (TPSA) is 92.8 Å². The van der Waals surface area contributed by atoms with Gasteiger partial charge in [0.2, 0.25) is 15.9 Å². The lowest BCUT2D eigenvalue weighted by molar-refractivity contribution is -0.116. The lowest BCUT2D eigenvalue weighted by Gasteiger charge is -2.29. The SMILES string of the molecule is CCOC(=O)c1c(NC(=O)C(C)N(c2cc(C)ccc2C)S(C)(=O)=O)sc2c1CCCC2. The molecule has 0 radical (unpaired) electrons. The predicted octanol–water partition coefficient (Wildman–Crippen LogP) is 4.21. The summed E-state index contributed by atoms with van der Waals surface area (Å²) in [7, 11) is -3.75. The van der Waals surface area contributed by atoms with E-state index in [1.54, 1.807) is 19.9 Å². The first kappa shape index (κ1) is 24.3. The van der Waals surface area contributed by atoms with Crippen LogP contribution in [0.1, 0.15) is 58.6 Å². The number of rotatable bonds is 7. The van der Waals surface area contributed by atoms with Crippen LogP contribution in [0.2, 0.25) is 0 Å². The fraction of sp³-hybridized carbons (Fsp3) is 0.478. The van der Waals surface area contributed by atoms with Crippen molar-refractivity contribution in [3.63, 3.8) is 0 Å². The number of thiophene rings is 1. The van der Waals surface area contributed by atoms with Gasteiger partial charge in [-0.2, -0.15) is 0 Å². The van der Waals surface area contributed by atoms with Crippen molar-refractivity contribution >= 4 is 43.9 Å². The number of ether oxygens (including phenoxy) is 1. The zero-order valence-corrected chi connectivity index (χ0v) is 20.8. The molecule has 3 rings (SSSR count). The van der Waals surface area contributed by atoms with Crippen molar-refractivity contribution < 1.29 is 22.7 Å². The monoisotopic (exact) mass is 478 g/mol. The molecule has 0 bridgehead atoms. The minimum atomic E-state index is -3.75. The van der Waals surface area contributed by atoms with E-state index in [2.05, 4.69) is 5.32 Å². The highest BCUT2D eigenvalue weighted by atomic mass is 32.2. The summed E-state index contributed by atoms with van der Waals surface area (Å²) in [5.41, 5.74) is 3.45. The van der Waals surface area contributed by atoms with Crippen LogP contribution in [-0.4, -0.2) is 39.2 Å². The zero-order valence-electron chi connectivity index (χ0n) is 19.1. The van der Waals surface area contributed by atoms with Crippen LogP contribution in [0.25, 0.3) is 0 Å². The lowest BCUT2D eigenvalue weighted by Crippen LogP contribution is -2.45. The van der Waals surface area contributed by atoms with Gasteiger partial charge in [-0.3, -0.25) is 9.10 Å². The molecule has 174 valence electrons. The van der Waals surface area contributed by atoms with Crippen LogP contribution in [-0.2, 0) is 32.4 Å². The molecule has 0 spiro atoms. The van der Waals surface area contributed by atoms with Crippen molar-refractivity contribution in [1.82, 2.24) is 0 Å². The molecular weight excluding hydrogens is 448 g/mol. The van der Waals surface area contributed by atoms with E-state index in [1.807, 2.05) is 26.0 Å². The Morgan fingerprint density at radius 3 is 2.56 bits per heavy atom. The summed E-state index contributed by atoms with van der Waals surface area (Å²) < 4.78 is 31.8. The maximum Gasteiger partial charge on any atom is 0.341 e. The van der Waals surface area contributed by atoms with Crippen molar-refractivity contribution in [3.8, 4) is 0 Å². The van der Waals surface area contributed by atoms with E-state index in [4.69, 9.17) is 4.74 Å². The molecule has 0 fully saturated rings. The van der Waals surface area contributed by atoms with Crippen molar-refractivity contribution in [1.29, 1.82) is 0 Å². The lowest BCUT2D eigenvalue weighted by atomic mass is 9.95. The van der Waals surface area contributed by atoms with Gasteiger partial charge in [-0.25, -0.2) is 13.2 Å². The largest absolute Gasteiger partial charge is 0.462 e. The van der Waals surface area contributed by atoms with Crippen molar-refractivity contribution in [2.75, 3.05) is 22.5 Å². The molecule has 32 heavy (non-hydrogen) atoms. The molecule has 1 aromatic carbocycles. The first-order valence-electron chi connectivity index (χ1n) is 10.7. The maximum atomic E-state index is 13.3. The van der Waals surface area contributed by atoms with Crippen LogP contribution in [0.15, 0.2) is 18.2 Å². The Balaban J connectivity index is 1.97. The van der Waals surface area contributed by atoms with Gasteiger partial charge in [0.1, 0.15) is 11.0 Å². The summed E-state index contributed by atoms with van der Waals surface area (Å²) in [6, 6.07) is 4.47. The molecule has 7 nitrogen and oxygen atoms in total. The first-order valence-corrected chi connectivity index (χ1v) is 13.4. The van der Waals surface area contributed by atoms with Crippen molar-refractivity contribution in [2.45, 2.75) is 59.4 Å². The van der Waals surface area contributed by atoms with Gasteiger partial charge in [-0.15, -0.1) is 11.3 Å². The number of carbonyl (C=O) groups excluding carboxylic acids is 2.